The lowest BCUT2D eigenvalue weighted by Gasteiger charge is -2.05. The van der Waals surface area contributed by atoms with Crippen LogP contribution in [0.3, 0.4) is 0 Å². The molecule has 1 aromatic heterocycles. The average molecular weight is 246 g/mol. The van der Waals surface area contributed by atoms with Gasteiger partial charge < -0.3 is 0 Å². The van der Waals surface area contributed by atoms with E-state index in [1.54, 1.807) is 24.4 Å². The van der Waals surface area contributed by atoms with Crippen molar-refractivity contribution in [3.05, 3.63) is 64.4 Å². The molecule has 3 heteroatoms. The van der Waals surface area contributed by atoms with Crippen LogP contribution in [0.15, 0.2) is 42.6 Å². The minimum atomic E-state index is 0.0451. The number of ketones is 1. The van der Waals surface area contributed by atoms with Gasteiger partial charge in [-0.1, -0.05) is 29.8 Å². The van der Waals surface area contributed by atoms with Gasteiger partial charge in [0.2, 0.25) is 0 Å². The van der Waals surface area contributed by atoms with Crippen molar-refractivity contribution < 1.29 is 4.79 Å². The largest absolute Gasteiger partial charge is 0.294 e. The smallest absolute Gasteiger partial charge is 0.169 e. The number of benzene rings is 1. The Bertz CT molecular complexity index is 551. The molecule has 0 aliphatic heterocycles. The van der Waals surface area contributed by atoms with E-state index in [9.17, 15) is 4.79 Å². The number of aryl methyl sites for hydroxylation is 1. The Balaban J connectivity index is 2.24. The van der Waals surface area contributed by atoms with Crippen LogP contribution in [0.4, 0.5) is 0 Å². The monoisotopic (exact) mass is 245 g/mol. The highest BCUT2D eigenvalue weighted by Crippen LogP contribution is 2.17. The third-order valence-corrected chi connectivity index (χ3v) is 2.98. The summed E-state index contributed by atoms with van der Waals surface area (Å²) in [5, 5.41) is 0.627. The number of nitrogens with zero attached hydrogens (tertiary/aromatic N) is 1. The van der Waals surface area contributed by atoms with Gasteiger partial charge in [0.1, 0.15) is 0 Å². The van der Waals surface area contributed by atoms with Crippen molar-refractivity contribution in [2.75, 3.05) is 0 Å². The molecule has 86 valence electrons. The van der Waals surface area contributed by atoms with Crippen molar-refractivity contribution in [2.45, 2.75) is 13.3 Å². The molecule has 0 fully saturated rings. The van der Waals surface area contributed by atoms with Crippen LogP contribution in [0.1, 0.15) is 21.6 Å². The predicted octanol–water partition coefficient (Wildman–Crippen LogP) is 3.47. The maximum absolute atomic E-state index is 12.1. The van der Waals surface area contributed by atoms with Crippen LogP contribution in [0.2, 0.25) is 5.02 Å². The van der Waals surface area contributed by atoms with Gasteiger partial charge in [-0.25, -0.2) is 0 Å². The molecule has 2 rings (SSSR count). The summed E-state index contributed by atoms with van der Waals surface area (Å²) in [6.07, 6.45) is 1.99. The lowest BCUT2D eigenvalue weighted by molar-refractivity contribution is 0.0992. The fourth-order valence-electron chi connectivity index (χ4n) is 1.69. The van der Waals surface area contributed by atoms with Crippen LogP contribution in [0, 0.1) is 6.92 Å². The van der Waals surface area contributed by atoms with Gasteiger partial charge in [-0.05, 0) is 30.7 Å². The summed E-state index contributed by atoms with van der Waals surface area (Å²) in [6, 6.07) is 11.0. The maximum Gasteiger partial charge on any atom is 0.169 e. The lowest BCUT2D eigenvalue weighted by atomic mass is 10.0. The first-order valence-corrected chi connectivity index (χ1v) is 5.74. The van der Waals surface area contributed by atoms with Gasteiger partial charge in [0.25, 0.3) is 0 Å². The van der Waals surface area contributed by atoms with Crippen molar-refractivity contribution in [3.63, 3.8) is 0 Å². The number of hydrogen-bond acceptors (Lipinski definition) is 2. The molecule has 0 atom stereocenters. The van der Waals surface area contributed by atoms with Crippen molar-refractivity contribution >= 4 is 17.4 Å². The summed E-state index contributed by atoms with van der Waals surface area (Å²) in [7, 11) is 0. The Morgan fingerprint density at radius 3 is 2.71 bits per heavy atom. The molecule has 0 unspecified atom stereocenters. The van der Waals surface area contributed by atoms with E-state index >= 15 is 0 Å². The second-order valence-electron chi connectivity index (χ2n) is 3.83. The fraction of sp³-hybridized carbons (Fsp3) is 0.143. The summed E-state index contributed by atoms with van der Waals surface area (Å²) >= 11 is 6.03. The molecule has 0 bridgehead atoms. The van der Waals surface area contributed by atoms with Gasteiger partial charge in [0.15, 0.2) is 5.78 Å². The molecule has 1 heterocycles. The first-order valence-electron chi connectivity index (χ1n) is 5.36. The number of halogens is 1. The molecule has 0 amide bonds. The molecule has 17 heavy (non-hydrogen) atoms. The number of carbonyl (C=O) groups is 1. The standard InChI is InChI=1S/C14H12ClNO/c1-10-12(6-4-8-16-10)14(17)9-11-5-2-3-7-13(11)15/h2-8H,9H2,1H3. The Labute approximate surface area is 105 Å². The van der Waals surface area contributed by atoms with Gasteiger partial charge >= 0.3 is 0 Å². The van der Waals surface area contributed by atoms with Gasteiger partial charge in [-0.15, -0.1) is 0 Å². The number of carbonyl (C=O) groups excluding carboxylic acids is 1. The second kappa shape index (κ2) is 5.11. The summed E-state index contributed by atoms with van der Waals surface area (Å²) in [6.45, 7) is 1.83. The quantitative estimate of drug-likeness (QED) is 0.775. The van der Waals surface area contributed by atoms with Gasteiger partial charge in [0.05, 0.1) is 0 Å². The molecule has 0 aliphatic rings. The van der Waals surface area contributed by atoms with E-state index in [1.807, 2.05) is 25.1 Å². The number of rotatable bonds is 3. The highest BCUT2D eigenvalue weighted by atomic mass is 35.5. The van der Waals surface area contributed by atoms with Crippen LogP contribution in [0.25, 0.3) is 0 Å². The average Bonchev–Trinajstić information content (AvgIpc) is 2.32. The number of pyridine rings is 1. The van der Waals surface area contributed by atoms with Crippen LogP contribution in [-0.4, -0.2) is 10.8 Å². The maximum atomic E-state index is 12.1. The van der Waals surface area contributed by atoms with Crippen LogP contribution >= 0.6 is 11.6 Å². The lowest BCUT2D eigenvalue weighted by Crippen LogP contribution is -2.06. The zero-order valence-electron chi connectivity index (χ0n) is 9.48. The molecular weight excluding hydrogens is 234 g/mol. The molecule has 0 spiro atoms. The summed E-state index contributed by atoms with van der Waals surface area (Å²) in [5.74, 6) is 0.0451. The topological polar surface area (TPSA) is 30.0 Å². The third kappa shape index (κ3) is 2.71. The van der Waals surface area contributed by atoms with Crippen LogP contribution < -0.4 is 0 Å². The SMILES string of the molecule is Cc1ncccc1C(=O)Cc1ccccc1Cl. The van der Waals surface area contributed by atoms with Crippen molar-refractivity contribution in [2.24, 2.45) is 0 Å². The fourth-order valence-corrected chi connectivity index (χ4v) is 1.89. The Morgan fingerprint density at radius 2 is 2.00 bits per heavy atom. The van der Waals surface area contributed by atoms with E-state index in [1.165, 1.54) is 0 Å². The summed E-state index contributed by atoms with van der Waals surface area (Å²) < 4.78 is 0. The molecule has 0 N–H and O–H groups in total. The highest BCUT2D eigenvalue weighted by molar-refractivity contribution is 6.31. The van der Waals surface area contributed by atoms with E-state index in [0.717, 1.165) is 11.3 Å². The summed E-state index contributed by atoms with van der Waals surface area (Å²) in [5.41, 5.74) is 2.26. The van der Waals surface area contributed by atoms with Crippen molar-refractivity contribution in [1.82, 2.24) is 4.98 Å². The Hall–Kier alpha value is -1.67. The number of Topliss-reactive ketones (excluding diaryl/α,β-unsaturated/α-hetero) is 1. The van der Waals surface area contributed by atoms with Gasteiger partial charge in [-0.3, -0.25) is 9.78 Å². The molecule has 2 aromatic rings. The highest BCUT2D eigenvalue weighted by Gasteiger charge is 2.11. The molecular formula is C14H12ClNO. The Morgan fingerprint density at radius 1 is 1.24 bits per heavy atom. The van der Waals surface area contributed by atoms with Crippen molar-refractivity contribution in [3.8, 4) is 0 Å². The van der Waals surface area contributed by atoms with E-state index in [0.29, 0.717) is 17.0 Å². The van der Waals surface area contributed by atoms with E-state index in [2.05, 4.69) is 4.98 Å². The molecule has 0 saturated carbocycles. The minimum absolute atomic E-state index is 0.0451. The number of aromatic nitrogens is 1. The molecule has 0 aliphatic carbocycles. The molecule has 2 nitrogen and oxygen atoms in total. The van der Waals surface area contributed by atoms with Crippen LogP contribution in [0.5, 0.6) is 0 Å². The first-order chi connectivity index (χ1) is 8.18. The van der Waals surface area contributed by atoms with E-state index in [-0.39, 0.29) is 5.78 Å². The summed E-state index contributed by atoms with van der Waals surface area (Å²) in [4.78, 5) is 16.2. The van der Waals surface area contributed by atoms with E-state index < -0.39 is 0 Å². The zero-order valence-corrected chi connectivity index (χ0v) is 10.2. The van der Waals surface area contributed by atoms with E-state index in [4.69, 9.17) is 11.6 Å². The van der Waals surface area contributed by atoms with Gasteiger partial charge in [-0.2, -0.15) is 0 Å². The van der Waals surface area contributed by atoms with Gasteiger partial charge in [0, 0.05) is 28.9 Å². The minimum Gasteiger partial charge on any atom is -0.294 e. The Kier molecular flexibility index (Phi) is 3.55. The third-order valence-electron chi connectivity index (χ3n) is 2.62. The number of hydrogen-bond donors (Lipinski definition) is 0. The zero-order chi connectivity index (χ0) is 12.3. The first kappa shape index (κ1) is 11.8. The predicted molar refractivity (Wildman–Crippen MR) is 68.5 cm³/mol. The molecule has 0 radical (unpaired) electrons. The van der Waals surface area contributed by atoms with Crippen molar-refractivity contribution in [1.29, 1.82) is 0 Å². The normalized spacial score (nSPS) is 10.2. The second-order valence-corrected chi connectivity index (χ2v) is 4.23. The van der Waals surface area contributed by atoms with Crippen LogP contribution in [-0.2, 0) is 6.42 Å². The molecule has 0 saturated heterocycles. The molecule has 1 aromatic carbocycles.